The molecule has 9 nitrogen and oxygen atoms in total. The highest BCUT2D eigenvalue weighted by molar-refractivity contribution is 5.91. The molecule has 3 aromatic heterocycles. The summed E-state index contributed by atoms with van der Waals surface area (Å²) in [6.07, 6.45) is 5.49. The number of hydrogen-bond acceptors (Lipinski definition) is 7. The van der Waals surface area contributed by atoms with Crippen LogP contribution in [0.25, 0.3) is 33.2 Å². The third-order valence-corrected chi connectivity index (χ3v) is 5.80. The van der Waals surface area contributed by atoms with Gasteiger partial charge in [-0.25, -0.2) is 4.98 Å². The van der Waals surface area contributed by atoms with E-state index in [1.165, 1.54) is 0 Å². The van der Waals surface area contributed by atoms with Crippen molar-refractivity contribution in [2.45, 2.75) is 6.54 Å². The predicted octanol–water partition coefficient (Wildman–Crippen LogP) is 1.95. The van der Waals surface area contributed by atoms with Crippen LogP contribution in [0.15, 0.2) is 53.7 Å². The molecule has 0 amide bonds. The van der Waals surface area contributed by atoms with E-state index < -0.39 is 0 Å². The van der Waals surface area contributed by atoms with E-state index in [1.54, 1.807) is 12.3 Å². The standard InChI is InChI=1S/C23H25N7O2/c24-20-11-17(12-26-23(20)31)15-1-2-21-16(9-15)10-19(22(25)28-21)18-13-27-30(14-18)4-3-29-5-7-32-8-6-29/h1-2,9-14H,3-8,24H2,(H2,25,28)(H,26,31). The Balaban J connectivity index is 1.42. The van der Waals surface area contributed by atoms with E-state index in [0.29, 0.717) is 5.82 Å². The first-order valence-corrected chi connectivity index (χ1v) is 10.6. The van der Waals surface area contributed by atoms with Gasteiger partial charge < -0.3 is 21.2 Å². The molecule has 0 radical (unpaired) electrons. The molecule has 5 N–H and O–H groups in total. The van der Waals surface area contributed by atoms with Gasteiger partial charge in [0.2, 0.25) is 0 Å². The summed E-state index contributed by atoms with van der Waals surface area (Å²) < 4.78 is 7.34. The Morgan fingerprint density at radius 2 is 1.88 bits per heavy atom. The number of hydrogen-bond donors (Lipinski definition) is 3. The highest BCUT2D eigenvalue weighted by Crippen LogP contribution is 2.30. The average molecular weight is 432 g/mol. The van der Waals surface area contributed by atoms with Crippen LogP contribution in [0.2, 0.25) is 0 Å². The Morgan fingerprint density at radius 1 is 1.03 bits per heavy atom. The highest BCUT2D eigenvalue weighted by atomic mass is 16.5. The van der Waals surface area contributed by atoms with Gasteiger partial charge in [-0.3, -0.25) is 14.4 Å². The van der Waals surface area contributed by atoms with Gasteiger partial charge in [0.25, 0.3) is 5.56 Å². The van der Waals surface area contributed by atoms with Gasteiger partial charge >= 0.3 is 0 Å². The molecule has 4 heterocycles. The summed E-state index contributed by atoms with van der Waals surface area (Å²) in [5, 5.41) is 5.45. The number of aromatic amines is 1. The van der Waals surface area contributed by atoms with Gasteiger partial charge in [0.05, 0.1) is 37.2 Å². The van der Waals surface area contributed by atoms with E-state index in [9.17, 15) is 4.79 Å². The third kappa shape index (κ3) is 4.08. The second-order valence-corrected chi connectivity index (χ2v) is 7.95. The lowest BCUT2D eigenvalue weighted by Gasteiger charge is -2.26. The van der Waals surface area contributed by atoms with Crippen molar-refractivity contribution in [2.75, 3.05) is 44.3 Å². The predicted molar refractivity (Wildman–Crippen MR) is 125 cm³/mol. The Bertz CT molecular complexity index is 1320. The second-order valence-electron chi connectivity index (χ2n) is 7.95. The Hall–Kier alpha value is -3.69. The molecule has 1 aromatic carbocycles. The summed E-state index contributed by atoms with van der Waals surface area (Å²) >= 11 is 0. The number of ether oxygens (including phenoxy) is 1. The number of pyridine rings is 2. The van der Waals surface area contributed by atoms with E-state index in [1.807, 2.05) is 41.3 Å². The summed E-state index contributed by atoms with van der Waals surface area (Å²) in [4.78, 5) is 21.2. The topological polar surface area (TPSA) is 128 Å². The second kappa shape index (κ2) is 8.45. The first-order valence-electron chi connectivity index (χ1n) is 10.6. The monoisotopic (exact) mass is 431 g/mol. The van der Waals surface area contributed by atoms with Gasteiger partial charge in [0, 0.05) is 54.1 Å². The van der Waals surface area contributed by atoms with E-state index in [2.05, 4.69) is 20.0 Å². The fourth-order valence-electron chi connectivity index (χ4n) is 3.96. The summed E-state index contributed by atoms with van der Waals surface area (Å²) in [6.45, 7) is 5.23. The Kier molecular flexibility index (Phi) is 5.34. The van der Waals surface area contributed by atoms with Gasteiger partial charge in [-0.1, -0.05) is 6.07 Å². The molecule has 0 bridgehead atoms. The van der Waals surface area contributed by atoms with Gasteiger partial charge in [0.15, 0.2) is 0 Å². The zero-order chi connectivity index (χ0) is 22.1. The van der Waals surface area contributed by atoms with E-state index in [-0.39, 0.29) is 11.2 Å². The number of H-pyrrole nitrogens is 1. The lowest BCUT2D eigenvalue weighted by Crippen LogP contribution is -2.38. The quantitative estimate of drug-likeness (QED) is 0.441. The number of anilines is 2. The number of morpholine rings is 1. The zero-order valence-electron chi connectivity index (χ0n) is 17.6. The van der Waals surface area contributed by atoms with E-state index in [4.69, 9.17) is 16.2 Å². The molecule has 0 spiro atoms. The molecule has 9 heteroatoms. The summed E-state index contributed by atoms with van der Waals surface area (Å²) in [5.41, 5.74) is 16.3. The van der Waals surface area contributed by atoms with Crippen LogP contribution in [-0.2, 0) is 11.3 Å². The molecule has 1 aliphatic heterocycles. The Labute approximate surface area is 184 Å². The molecule has 1 fully saturated rings. The number of fused-ring (bicyclic) bond motifs is 1. The highest BCUT2D eigenvalue weighted by Gasteiger charge is 2.13. The minimum atomic E-state index is -0.295. The molecule has 164 valence electrons. The minimum absolute atomic E-state index is 0.184. The summed E-state index contributed by atoms with van der Waals surface area (Å²) in [6, 6.07) is 9.56. The Morgan fingerprint density at radius 3 is 2.69 bits per heavy atom. The molecule has 32 heavy (non-hydrogen) atoms. The first-order chi connectivity index (χ1) is 15.6. The first kappa shape index (κ1) is 20.2. The number of nitrogens with two attached hydrogens (primary N) is 2. The molecule has 0 saturated carbocycles. The smallest absolute Gasteiger partial charge is 0.271 e. The molecule has 1 aliphatic rings. The molecular formula is C23H25N7O2. The number of nitrogens with one attached hydrogen (secondary N) is 1. The van der Waals surface area contributed by atoms with Crippen molar-refractivity contribution in [1.29, 1.82) is 0 Å². The van der Waals surface area contributed by atoms with Gasteiger partial charge in [0.1, 0.15) is 5.82 Å². The van der Waals surface area contributed by atoms with Crippen molar-refractivity contribution in [3.63, 3.8) is 0 Å². The molecule has 1 saturated heterocycles. The lowest BCUT2D eigenvalue weighted by molar-refractivity contribution is 0.0360. The van der Waals surface area contributed by atoms with Crippen molar-refractivity contribution in [1.82, 2.24) is 24.6 Å². The van der Waals surface area contributed by atoms with Crippen LogP contribution in [0.3, 0.4) is 0 Å². The van der Waals surface area contributed by atoms with Crippen molar-refractivity contribution in [3.8, 4) is 22.3 Å². The number of aromatic nitrogens is 4. The van der Waals surface area contributed by atoms with Crippen LogP contribution in [-0.4, -0.2) is 57.5 Å². The third-order valence-electron chi connectivity index (χ3n) is 5.80. The van der Waals surface area contributed by atoms with Gasteiger partial charge in [-0.05, 0) is 29.8 Å². The summed E-state index contributed by atoms with van der Waals surface area (Å²) in [7, 11) is 0. The molecule has 0 atom stereocenters. The zero-order valence-corrected chi connectivity index (χ0v) is 17.6. The van der Waals surface area contributed by atoms with Crippen LogP contribution in [0.1, 0.15) is 0 Å². The SMILES string of the molecule is Nc1nc2ccc(-c3c[nH]c(=O)c(N)c3)cc2cc1-c1cnn(CCN2CCOCC2)c1. The lowest BCUT2D eigenvalue weighted by atomic mass is 10.0. The van der Waals surface area contributed by atoms with Crippen LogP contribution in [0.5, 0.6) is 0 Å². The van der Waals surface area contributed by atoms with E-state index in [0.717, 1.165) is 72.5 Å². The minimum Gasteiger partial charge on any atom is -0.394 e. The maximum absolute atomic E-state index is 11.6. The number of benzene rings is 1. The van der Waals surface area contributed by atoms with Crippen molar-refractivity contribution in [3.05, 3.63) is 59.3 Å². The normalized spacial score (nSPS) is 14.8. The molecule has 0 unspecified atom stereocenters. The molecule has 0 aliphatic carbocycles. The number of rotatable bonds is 5. The molecule has 4 aromatic rings. The number of nitrogen functional groups attached to an aromatic ring is 2. The van der Waals surface area contributed by atoms with E-state index >= 15 is 0 Å². The molecule has 5 rings (SSSR count). The molecular weight excluding hydrogens is 406 g/mol. The van der Waals surface area contributed by atoms with Gasteiger partial charge in [-0.2, -0.15) is 5.10 Å². The van der Waals surface area contributed by atoms with Crippen LogP contribution in [0, 0.1) is 0 Å². The van der Waals surface area contributed by atoms with Crippen LogP contribution < -0.4 is 17.0 Å². The van der Waals surface area contributed by atoms with Crippen molar-refractivity contribution >= 4 is 22.4 Å². The average Bonchev–Trinajstić information content (AvgIpc) is 3.28. The largest absolute Gasteiger partial charge is 0.394 e. The van der Waals surface area contributed by atoms with Crippen molar-refractivity contribution in [2.24, 2.45) is 0 Å². The van der Waals surface area contributed by atoms with Crippen LogP contribution in [0.4, 0.5) is 11.5 Å². The van der Waals surface area contributed by atoms with Gasteiger partial charge in [-0.15, -0.1) is 0 Å². The maximum Gasteiger partial charge on any atom is 0.271 e. The van der Waals surface area contributed by atoms with Crippen LogP contribution >= 0.6 is 0 Å². The van der Waals surface area contributed by atoms with Crippen molar-refractivity contribution < 1.29 is 4.74 Å². The maximum atomic E-state index is 11.6. The number of nitrogens with zero attached hydrogens (tertiary/aromatic N) is 4. The fourth-order valence-corrected chi connectivity index (χ4v) is 3.96. The fraction of sp³-hybridized carbons (Fsp3) is 0.261. The summed E-state index contributed by atoms with van der Waals surface area (Å²) in [5.74, 6) is 0.464.